The van der Waals surface area contributed by atoms with E-state index in [0.717, 1.165) is 15.4 Å². The Morgan fingerprint density at radius 1 is 1.12 bits per heavy atom. The standard InChI is InChI=1S/C15H13BrO/c1-9(2)10-3-5-12-11(7-10)4-6-14-15(12)13(16)8-17-14/h3-9H,1-2H3. The van der Waals surface area contributed by atoms with Crippen LogP contribution in [-0.2, 0) is 0 Å². The van der Waals surface area contributed by atoms with Crippen molar-refractivity contribution in [2.24, 2.45) is 0 Å². The van der Waals surface area contributed by atoms with Crippen molar-refractivity contribution in [2.45, 2.75) is 19.8 Å². The summed E-state index contributed by atoms with van der Waals surface area (Å²) < 4.78 is 6.51. The molecule has 0 saturated carbocycles. The van der Waals surface area contributed by atoms with Crippen molar-refractivity contribution in [1.29, 1.82) is 0 Å². The van der Waals surface area contributed by atoms with E-state index in [1.807, 2.05) is 6.07 Å². The van der Waals surface area contributed by atoms with Crippen LogP contribution in [0.3, 0.4) is 0 Å². The summed E-state index contributed by atoms with van der Waals surface area (Å²) >= 11 is 3.54. The van der Waals surface area contributed by atoms with Gasteiger partial charge in [-0.1, -0.05) is 38.1 Å². The van der Waals surface area contributed by atoms with E-state index in [1.165, 1.54) is 16.3 Å². The van der Waals surface area contributed by atoms with Gasteiger partial charge in [0, 0.05) is 5.39 Å². The van der Waals surface area contributed by atoms with Crippen LogP contribution in [0.4, 0.5) is 0 Å². The Bertz CT molecular complexity index is 695. The lowest BCUT2D eigenvalue weighted by Crippen LogP contribution is -1.86. The first-order valence-corrected chi connectivity index (χ1v) is 6.55. The van der Waals surface area contributed by atoms with Crippen LogP contribution < -0.4 is 0 Å². The van der Waals surface area contributed by atoms with Gasteiger partial charge < -0.3 is 4.42 Å². The Morgan fingerprint density at radius 2 is 1.94 bits per heavy atom. The number of halogens is 1. The van der Waals surface area contributed by atoms with Crippen LogP contribution in [0.1, 0.15) is 25.3 Å². The Kier molecular flexibility index (Phi) is 2.48. The summed E-state index contributed by atoms with van der Waals surface area (Å²) in [6.45, 7) is 4.43. The minimum Gasteiger partial charge on any atom is -0.463 e. The topological polar surface area (TPSA) is 13.1 Å². The van der Waals surface area contributed by atoms with E-state index in [-0.39, 0.29) is 0 Å². The van der Waals surface area contributed by atoms with E-state index in [1.54, 1.807) is 6.26 Å². The van der Waals surface area contributed by atoms with Gasteiger partial charge in [0.25, 0.3) is 0 Å². The maximum atomic E-state index is 5.49. The molecule has 0 radical (unpaired) electrons. The summed E-state index contributed by atoms with van der Waals surface area (Å²) in [5, 5.41) is 3.68. The van der Waals surface area contributed by atoms with Crippen molar-refractivity contribution in [3.05, 3.63) is 46.6 Å². The number of hydrogen-bond donors (Lipinski definition) is 0. The molecule has 0 atom stereocenters. The van der Waals surface area contributed by atoms with Crippen molar-refractivity contribution in [2.75, 3.05) is 0 Å². The van der Waals surface area contributed by atoms with Gasteiger partial charge in [0.15, 0.2) is 0 Å². The number of hydrogen-bond acceptors (Lipinski definition) is 1. The average Bonchev–Trinajstić information content (AvgIpc) is 2.70. The zero-order valence-electron chi connectivity index (χ0n) is 9.83. The quantitative estimate of drug-likeness (QED) is 0.578. The highest BCUT2D eigenvalue weighted by Gasteiger charge is 2.08. The van der Waals surface area contributed by atoms with Gasteiger partial charge in [-0.3, -0.25) is 0 Å². The van der Waals surface area contributed by atoms with E-state index in [2.05, 4.69) is 54.0 Å². The van der Waals surface area contributed by atoms with E-state index in [4.69, 9.17) is 4.42 Å². The van der Waals surface area contributed by atoms with Gasteiger partial charge in [-0.05, 0) is 44.3 Å². The third kappa shape index (κ3) is 1.67. The molecule has 86 valence electrons. The summed E-state index contributed by atoms with van der Waals surface area (Å²) in [6, 6.07) is 10.8. The minimum absolute atomic E-state index is 0.558. The van der Waals surface area contributed by atoms with Crippen LogP contribution in [-0.4, -0.2) is 0 Å². The lowest BCUT2D eigenvalue weighted by molar-refractivity contribution is 0.614. The Labute approximate surface area is 109 Å². The maximum Gasteiger partial charge on any atom is 0.135 e. The van der Waals surface area contributed by atoms with Crippen LogP contribution in [0.5, 0.6) is 0 Å². The fourth-order valence-corrected chi connectivity index (χ4v) is 2.71. The van der Waals surface area contributed by atoms with Crippen molar-refractivity contribution < 1.29 is 4.42 Å². The average molecular weight is 289 g/mol. The molecule has 1 heterocycles. The fourth-order valence-electron chi connectivity index (χ4n) is 2.21. The summed E-state index contributed by atoms with van der Waals surface area (Å²) in [4.78, 5) is 0. The van der Waals surface area contributed by atoms with Crippen LogP contribution in [0.15, 0.2) is 45.5 Å². The normalized spacial score (nSPS) is 11.8. The molecule has 0 unspecified atom stereocenters. The molecule has 3 aromatic rings. The van der Waals surface area contributed by atoms with Gasteiger partial charge >= 0.3 is 0 Å². The first-order chi connectivity index (χ1) is 8.16. The second-order valence-corrected chi connectivity index (χ2v) is 5.51. The Hall–Kier alpha value is -1.28. The molecule has 0 aliphatic heterocycles. The number of fused-ring (bicyclic) bond motifs is 3. The van der Waals surface area contributed by atoms with E-state index >= 15 is 0 Å². The van der Waals surface area contributed by atoms with Gasteiger partial charge in [0.1, 0.15) is 11.8 Å². The molecule has 0 bridgehead atoms. The van der Waals surface area contributed by atoms with Crippen LogP contribution >= 0.6 is 15.9 Å². The van der Waals surface area contributed by atoms with Gasteiger partial charge in [-0.15, -0.1) is 0 Å². The largest absolute Gasteiger partial charge is 0.463 e. The lowest BCUT2D eigenvalue weighted by Gasteiger charge is -2.07. The predicted molar refractivity (Wildman–Crippen MR) is 75.5 cm³/mol. The summed E-state index contributed by atoms with van der Waals surface area (Å²) in [6.07, 6.45) is 1.75. The minimum atomic E-state index is 0.558. The molecule has 1 nitrogen and oxygen atoms in total. The molecule has 0 fully saturated rings. The highest BCUT2D eigenvalue weighted by atomic mass is 79.9. The van der Waals surface area contributed by atoms with E-state index in [9.17, 15) is 0 Å². The Balaban J connectivity index is 2.40. The zero-order valence-corrected chi connectivity index (χ0v) is 11.4. The van der Waals surface area contributed by atoms with Crippen molar-refractivity contribution >= 4 is 37.7 Å². The van der Waals surface area contributed by atoms with Crippen molar-refractivity contribution in [3.8, 4) is 0 Å². The molecule has 2 heteroatoms. The van der Waals surface area contributed by atoms with E-state index in [0.29, 0.717) is 5.92 Å². The number of furan rings is 1. The molecule has 1 aromatic heterocycles. The molecule has 0 aliphatic carbocycles. The molecule has 17 heavy (non-hydrogen) atoms. The van der Waals surface area contributed by atoms with E-state index < -0.39 is 0 Å². The molecule has 0 saturated heterocycles. The third-order valence-electron chi connectivity index (χ3n) is 3.20. The van der Waals surface area contributed by atoms with Crippen LogP contribution in [0.25, 0.3) is 21.7 Å². The summed E-state index contributed by atoms with van der Waals surface area (Å²) in [7, 11) is 0. The molecule has 3 rings (SSSR count). The first kappa shape index (κ1) is 10.8. The molecule has 0 amide bonds. The monoisotopic (exact) mass is 288 g/mol. The Morgan fingerprint density at radius 3 is 2.71 bits per heavy atom. The van der Waals surface area contributed by atoms with Crippen LogP contribution in [0.2, 0.25) is 0 Å². The summed E-state index contributed by atoms with van der Waals surface area (Å²) in [5.41, 5.74) is 2.30. The predicted octanol–water partition coefficient (Wildman–Crippen LogP) is 5.47. The summed E-state index contributed by atoms with van der Waals surface area (Å²) in [5.74, 6) is 0.558. The second-order valence-electron chi connectivity index (χ2n) is 4.66. The highest BCUT2D eigenvalue weighted by molar-refractivity contribution is 9.10. The molecule has 0 spiro atoms. The van der Waals surface area contributed by atoms with Crippen molar-refractivity contribution in [1.82, 2.24) is 0 Å². The second kappa shape index (κ2) is 3.88. The van der Waals surface area contributed by atoms with Gasteiger partial charge in [0.2, 0.25) is 0 Å². The van der Waals surface area contributed by atoms with Gasteiger partial charge in [-0.25, -0.2) is 0 Å². The highest BCUT2D eigenvalue weighted by Crippen LogP contribution is 2.34. The number of rotatable bonds is 1. The van der Waals surface area contributed by atoms with Crippen molar-refractivity contribution in [3.63, 3.8) is 0 Å². The molecule has 0 N–H and O–H groups in total. The zero-order chi connectivity index (χ0) is 12.0. The SMILES string of the molecule is CC(C)c1ccc2c(ccc3occ(Br)c32)c1. The van der Waals surface area contributed by atoms with Gasteiger partial charge in [-0.2, -0.15) is 0 Å². The molecule has 0 aliphatic rings. The maximum absolute atomic E-state index is 5.49. The third-order valence-corrected chi connectivity index (χ3v) is 3.78. The molecule has 2 aromatic carbocycles. The fraction of sp³-hybridized carbons (Fsp3) is 0.200. The smallest absolute Gasteiger partial charge is 0.135 e. The van der Waals surface area contributed by atoms with Gasteiger partial charge in [0.05, 0.1) is 4.47 Å². The molecular formula is C15H13BrO. The molecular weight excluding hydrogens is 276 g/mol. The van der Waals surface area contributed by atoms with Crippen LogP contribution in [0, 0.1) is 0 Å². The lowest BCUT2D eigenvalue weighted by atomic mass is 9.98. The first-order valence-electron chi connectivity index (χ1n) is 5.76. The number of benzene rings is 2.